The Morgan fingerprint density at radius 3 is 2.56 bits per heavy atom. The SMILES string of the molecule is CC1CCN(c2ccc(N=CC3C(=O)Nc4ccccc43)cc2)CC1. The number of anilines is 2. The molecule has 1 atom stereocenters. The Morgan fingerprint density at radius 2 is 1.80 bits per heavy atom. The fourth-order valence-corrected chi connectivity index (χ4v) is 3.56. The highest BCUT2D eigenvalue weighted by molar-refractivity contribution is 6.12. The molecule has 0 bridgehead atoms. The number of rotatable bonds is 3. The van der Waals surface area contributed by atoms with Gasteiger partial charge in [-0.05, 0) is 54.7 Å². The van der Waals surface area contributed by atoms with E-state index in [0.29, 0.717) is 0 Å². The Kier molecular flexibility index (Phi) is 4.26. The third-order valence-electron chi connectivity index (χ3n) is 5.21. The van der Waals surface area contributed by atoms with Crippen LogP contribution in [0.2, 0.25) is 0 Å². The maximum absolute atomic E-state index is 12.1. The predicted molar refractivity (Wildman–Crippen MR) is 103 cm³/mol. The molecule has 128 valence electrons. The van der Waals surface area contributed by atoms with Gasteiger partial charge >= 0.3 is 0 Å². The molecule has 2 aromatic carbocycles. The van der Waals surface area contributed by atoms with Crippen molar-refractivity contribution in [3.8, 4) is 0 Å². The van der Waals surface area contributed by atoms with Gasteiger partial charge in [0, 0.05) is 30.7 Å². The van der Waals surface area contributed by atoms with Crippen molar-refractivity contribution in [3.05, 3.63) is 54.1 Å². The zero-order chi connectivity index (χ0) is 17.2. The molecule has 2 aromatic rings. The van der Waals surface area contributed by atoms with Gasteiger partial charge in [0.1, 0.15) is 5.92 Å². The number of aliphatic imine (C=N–C) groups is 1. The highest BCUT2D eigenvalue weighted by atomic mass is 16.2. The normalized spacial score (nSPS) is 20.8. The van der Waals surface area contributed by atoms with Crippen LogP contribution in [0, 0.1) is 5.92 Å². The van der Waals surface area contributed by atoms with Crippen LogP contribution in [0.5, 0.6) is 0 Å². The summed E-state index contributed by atoms with van der Waals surface area (Å²) in [5.41, 5.74) is 4.02. The van der Waals surface area contributed by atoms with Gasteiger partial charge in [0.2, 0.25) is 5.91 Å². The summed E-state index contributed by atoms with van der Waals surface area (Å²) < 4.78 is 0. The quantitative estimate of drug-likeness (QED) is 0.848. The molecule has 1 fully saturated rings. The van der Waals surface area contributed by atoms with Crippen molar-refractivity contribution in [2.75, 3.05) is 23.3 Å². The summed E-state index contributed by atoms with van der Waals surface area (Å²) in [7, 11) is 0. The van der Waals surface area contributed by atoms with E-state index in [0.717, 1.165) is 35.9 Å². The van der Waals surface area contributed by atoms with Crippen molar-refractivity contribution in [2.45, 2.75) is 25.7 Å². The number of hydrogen-bond acceptors (Lipinski definition) is 3. The smallest absolute Gasteiger partial charge is 0.237 e. The van der Waals surface area contributed by atoms with Gasteiger partial charge in [0.15, 0.2) is 0 Å². The lowest BCUT2D eigenvalue weighted by atomic mass is 9.99. The summed E-state index contributed by atoms with van der Waals surface area (Å²) in [6.45, 7) is 4.58. The Labute approximate surface area is 148 Å². The second-order valence-corrected chi connectivity index (χ2v) is 7.02. The van der Waals surface area contributed by atoms with Crippen LogP contribution in [-0.2, 0) is 4.79 Å². The highest BCUT2D eigenvalue weighted by Crippen LogP contribution is 2.31. The summed E-state index contributed by atoms with van der Waals surface area (Å²) >= 11 is 0. The molecule has 2 heterocycles. The first-order valence-electron chi connectivity index (χ1n) is 9.00. The van der Waals surface area contributed by atoms with Gasteiger partial charge in [-0.3, -0.25) is 9.79 Å². The number of para-hydroxylation sites is 1. The van der Waals surface area contributed by atoms with Crippen molar-refractivity contribution in [1.82, 2.24) is 0 Å². The predicted octanol–water partition coefficient (Wildman–Crippen LogP) is 4.36. The van der Waals surface area contributed by atoms with Crippen LogP contribution in [0.25, 0.3) is 0 Å². The van der Waals surface area contributed by atoms with E-state index in [1.165, 1.54) is 18.5 Å². The Balaban J connectivity index is 1.46. The monoisotopic (exact) mass is 333 g/mol. The second kappa shape index (κ2) is 6.71. The third kappa shape index (κ3) is 3.29. The minimum absolute atomic E-state index is 0.0102. The van der Waals surface area contributed by atoms with E-state index in [1.54, 1.807) is 6.21 Å². The van der Waals surface area contributed by atoms with Crippen molar-refractivity contribution in [3.63, 3.8) is 0 Å². The molecule has 0 radical (unpaired) electrons. The fourth-order valence-electron chi connectivity index (χ4n) is 3.56. The Hall–Kier alpha value is -2.62. The number of carbonyl (C=O) groups excluding carboxylic acids is 1. The minimum Gasteiger partial charge on any atom is -0.372 e. The van der Waals surface area contributed by atoms with Gasteiger partial charge in [-0.2, -0.15) is 0 Å². The summed E-state index contributed by atoms with van der Waals surface area (Å²) in [5.74, 6) is 0.518. The van der Waals surface area contributed by atoms with E-state index in [2.05, 4.69) is 34.3 Å². The van der Waals surface area contributed by atoms with E-state index < -0.39 is 0 Å². The molecule has 25 heavy (non-hydrogen) atoms. The first-order valence-corrected chi connectivity index (χ1v) is 9.00. The van der Waals surface area contributed by atoms with Gasteiger partial charge in [-0.1, -0.05) is 25.1 Å². The van der Waals surface area contributed by atoms with Crippen LogP contribution < -0.4 is 10.2 Å². The zero-order valence-corrected chi connectivity index (χ0v) is 14.5. The summed E-state index contributed by atoms with van der Waals surface area (Å²) in [6.07, 6.45) is 4.27. The van der Waals surface area contributed by atoms with Crippen molar-refractivity contribution in [1.29, 1.82) is 0 Å². The standard InChI is InChI=1S/C21H23N3O/c1-15-10-12-24(13-11-15)17-8-6-16(7-9-17)22-14-19-18-4-2-3-5-20(18)23-21(19)25/h2-9,14-15,19H,10-13H2,1H3,(H,23,25). The molecule has 1 N–H and O–H groups in total. The first kappa shape index (κ1) is 15.9. The molecule has 1 saturated heterocycles. The zero-order valence-electron chi connectivity index (χ0n) is 14.5. The summed E-state index contributed by atoms with van der Waals surface area (Å²) in [5, 5.41) is 2.90. The van der Waals surface area contributed by atoms with E-state index in [-0.39, 0.29) is 11.8 Å². The molecule has 0 aromatic heterocycles. The van der Waals surface area contributed by atoms with Crippen molar-refractivity contribution < 1.29 is 4.79 Å². The summed E-state index contributed by atoms with van der Waals surface area (Å²) in [6, 6.07) is 16.1. The number of hydrogen-bond donors (Lipinski definition) is 1. The lowest BCUT2D eigenvalue weighted by Crippen LogP contribution is -2.32. The van der Waals surface area contributed by atoms with Crippen LogP contribution >= 0.6 is 0 Å². The van der Waals surface area contributed by atoms with Gasteiger partial charge in [-0.25, -0.2) is 0 Å². The minimum atomic E-state index is -0.306. The largest absolute Gasteiger partial charge is 0.372 e. The van der Waals surface area contributed by atoms with E-state index in [4.69, 9.17) is 0 Å². The molecule has 4 nitrogen and oxygen atoms in total. The number of amides is 1. The number of fused-ring (bicyclic) bond motifs is 1. The molecule has 4 rings (SSSR count). The van der Waals surface area contributed by atoms with Crippen LogP contribution in [0.1, 0.15) is 31.2 Å². The molecule has 1 amide bonds. The average Bonchev–Trinajstić information content (AvgIpc) is 2.96. The number of carbonyl (C=O) groups is 1. The fraction of sp³-hybridized carbons (Fsp3) is 0.333. The van der Waals surface area contributed by atoms with Crippen LogP contribution in [-0.4, -0.2) is 25.2 Å². The lowest BCUT2D eigenvalue weighted by molar-refractivity contribution is -0.115. The number of nitrogens with zero attached hydrogens (tertiary/aromatic N) is 2. The third-order valence-corrected chi connectivity index (χ3v) is 5.21. The number of nitrogens with one attached hydrogen (secondary N) is 1. The topological polar surface area (TPSA) is 44.7 Å². The van der Waals surface area contributed by atoms with E-state index in [1.807, 2.05) is 36.4 Å². The van der Waals surface area contributed by atoms with Crippen LogP contribution in [0.3, 0.4) is 0 Å². The van der Waals surface area contributed by atoms with Gasteiger partial charge < -0.3 is 10.2 Å². The molecule has 0 spiro atoms. The Bertz CT molecular complexity index is 789. The molecule has 2 aliphatic rings. The molecular weight excluding hydrogens is 310 g/mol. The van der Waals surface area contributed by atoms with Crippen LogP contribution in [0.4, 0.5) is 17.1 Å². The van der Waals surface area contributed by atoms with E-state index >= 15 is 0 Å². The van der Waals surface area contributed by atoms with E-state index in [9.17, 15) is 4.79 Å². The Morgan fingerprint density at radius 1 is 1.08 bits per heavy atom. The number of benzene rings is 2. The van der Waals surface area contributed by atoms with Crippen molar-refractivity contribution in [2.24, 2.45) is 10.9 Å². The average molecular weight is 333 g/mol. The molecule has 0 aliphatic carbocycles. The number of piperidine rings is 1. The molecule has 2 aliphatic heterocycles. The van der Waals surface area contributed by atoms with Gasteiger partial charge in [-0.15, -0.1) is 0 Å². The maximum atomic E-state index is 12.1. The lowest BCUT2D eigenvalue weighted by Gasteiger charge is -2.32. The van der Waals surface area contributed by atoms with Crippen molar-refractivity contribution >= 4 is 29.2 Å². The molecule has 1 unspecified atom stereocenters. The molecule has 0 saturated carbocycles. The molecular formula is C21H23N3O. The first-order chi connectivity index (χ1) is 12.2. The maximum Gasteiger partial charge on any atom is 0.237 e. The van der Waals surface area contributed by atoms with Gasteiger partial charge in [0.25, 0.3) is 0 Å². The van der Waals surface area contributed by atoms with Gasteiger partial charge in [0.05, 0.1) is 5.69 Å². The second-order valence-electron chi connectivity index (χ2n) is 7.02. The highest BCUT2D eigenvalue weighted by Gasteiger charge is 2.28. The van der Waals surface area contributed by atoms with Crippen LogP contribution in [0.15, 0.2) is 53.5 Å². The summed E-state index contributed by atoms with van der Waals surface area (Å²) in [4.78, 5) is 19.1. The molecule has 4 heteroatoms.